The van der Waals surface area contributed by atoms with Crippen LogP contribution in [0.3, 0.4) is 0 Å². The number of rotatable bonds is 4. The Morgan fingerprint density at radius 1 is 1.33 bits per heavy atom. The average Bonchev–Trinajstić information content (AvgIpc) is 2.83. The van der Waals surface area contributed by atoms with Crippen LogP contribution in [0.25, 0.3) is 11.5 Å². The predicted molar refractivity (Wildman–Crippen MR) is 67.9 cm³/mol. The van der Waals surface area contributed by atoms with Gasteiger partial charge < -0.3 is 9.84 Å². The van der Waals surface area contributed by atoms with Crippen molar-refractivity contribution >= 4 is 0 Å². The molecule has 0 fully saturated rings. The van der Waals surface area contributed by atoms with Crippen LogP contribution in [0.15, 0.2) is 4.52 Å². The minimum atomic E-state index is 0.397. The highest BCUT2D eigenvalue weighted by Crippen LogP contribution is 2.24. The minimum Gasteiger partial charge on any atom is -0.334 e. The molecule has 6 heteroatoms. The summed E-state index contributed by atoms with van der Waals surface area (Å²) in [6, 6.07) is 0.397. The van der Waals surface area contributed by atoms with E-state index in [0.29, 0.717) is 24.3 Å². The Kier molecular flexibility index (Phi) is 3.47. The molecule has 0 saturated carbocycles. The summed E-state index contributed by atoms with van der Waals surface area (Å²) >= 11 is 0. The van der Waals surface area contributed by atoms with Gasteiger partial charge in [0.15, 0.2) is 5.82 Å². The molecule has 0 spiro atoms. The second kappa shape index (κ2) is 4.89. The summed E-state index contributed by atoms with van der Waals surface area (Å²) in [6.07, 6.45) is 0. The van der Waals surface area contributed by atoms with Crippen molar-refractivity contribution in [2.24, 2.45) is 7.05 Å². The highest BCUT2D eigenvalue weighted by Gasteiger charge is 2.17. The van der Waals surface area contributed by atoms with Gasteiger partial charge in [0.05, 0.1) is 17.8 Å². The van der Waals surface area contributed by atoms with E-state index in [4.69, 9.17) is 4.52 Å². The van der Waals surface area contributed by atoms with E-state index in [1.165, 1.54) is 0 Å². The zero-order chi connectivity index (χ0) is 13.3. The summed E-state index contributed by atoms with van der Waals surface area (Å²) < 4.78 is 7.12. The van der Waals surface area contributed by atoms with E-state index in [2.05, 4.69) is 34.4 Å². The number of aryl methyl sites for hydroxylation is 2. The molecule has 0 aliphatic heterocycles. The lowest BCUT2D eigenvalue weighted by molar-refractivity contribution is 0.416. The van der Waals surface area contributed by atoms with Gasteiger partial charge in [-0.1, -0.05) is 19.0 Å². The van der Waals surface area contributed by atoms with Crippen molar-refractivity contribution in [3.05, 3.63) is 17.2 Å². The molecule has 0 aliphatic carbocycles. The highest BCUT2D eigenvalue weighted by atomic mass is 16.5. The van der Waals surface area contributed by atoms with Gasteiger partial charge in [0.25, 0.3) is 5.89 Å². The monoisotopic (exact) mass is 249 g/mol. The summed E-state index contributed by atoms with van der Waals surface area (Å²) in [6.45, 7) is 8.70. The lowest BCUT2D eigenvalue weighted by Gasteiger charge is -2.03. The van der Waals surface area contributed by atoms with Gasteiger partial charge in [-0.25, -0.2) is 0 Å². The van der Waals surface area contributed by atoms with Crippen LogP contribution in [0.4, 0.5) is 0 Å². The molecule has 18 heavy (non-hydrogen) atoms. The standard InChI is InChI=1S/C12H19N5O/c1-7(2)13-6-10-14-12(18-16-10)11-8(3)15-17(5)9(11)4/h7,13H,6H2,1-5H3. The molecule has 6 nitrogen and oxygen atoms in total. The van der Waals surface area contributed by atoms with Gasteiger partial charge in [-0.3, -0.25) is 4.68 Å². The Bertz CT molecular complexity index is 541. The van der Waals surface area contributed by atoms with Crippen LogP contribution < -0.4 is 5.32 Å². The second-order valence-electron chi connectivity index (χ2n) is 4.72. The van der Waals surface area contributed by atoms with Gasteiger partial charge in [-0.15, -0.1) is 0 Å². The lowest BCUT2D eigenvalue weighted by atomic mass is 10.2. The largest absolute Gasteiger partial charge is 0.334 e. The first kappa shape index (κ1) is 12.8. The number of aromatic nitrogens is 4. The third-order valence-corrected chi connectivity index (χ3v) is 2.86. The number of hydrogen-bond acceptors (Lipinski definition) is 5. The molecular weight excluding hydrogens is 230 g/mol. The summed E-state index contributed by atoms with van der Waals surface area (Å²) in [5.74, 6) is 1.21. The normalized spacial score (nSPS) is 11.4. The van der Waals surface area contributed by atoms with Gasteiger partial charge in [0.2, 0.25) is 0 Å². The van der Waals surface area contributed by atoms with Crippen LogP contribution in [0.1, 0.15) is 31.1 Å². The Morgan fingerprint density at radius 2 is 2.06 bits per heavy atom. The average molecular weight is 249 g/mol. The topological polar surface area (TPSA) is 68.8 Å². The Labute approximate surface area is 106 Å². The van der Waals surface area contributed by atoms with Crippen molar-refractivity contribution in [3.63, 3.8) is 0 Å². The molecule has 0 amide bonds. The molecule has 98 valence electrons. The quantitative estimate of drug-likeness (QED) is 0.891. The molecule has 2 heterocycles. The molecular formula is C12H19N5O. The maximum Gasteiger partial charge on any atom is 0.261 e. The molecule has 0 bridgehead atoms. The van der Waals surface area contributed by atoms with Gasteiger partial charge in [-0.05, 0) is 13.8 Å². The van der Waals surface area contributed by atoms with E-state index in [1.807, 2.05) is 25.6 Å². The maximum atomic E-state index is 5.30. The molecule has 2 aromatic rings. The molecule has 0 saturated heterocycles. The summed E-state index contributed by atoms with van der Waals surface area (Å²) in [5, 5.41) is 11.6. The van der Waals surface area contributed by atoms with Crippen LogP contribution in [0.5, 0.6) is 0 Å². The minimum absolute atomic E-state index is 0.397. The van der Waals surface area contributed by atoms with Crippen molar-refractivity contribution in [2.45, 2.75) is 40.3 Å². The molecule has 0 aromatic carbocycles. The Morgan fingerprint density at radius 3 is 2.61 bits per heavy atom. The van der Waals surface area contributed by atoms with Crippen LogP contribution in [-0.4, -0.2) is 26.0 Å². The lowest BCUT2D eigenvalue weighted by Crippen LogP contribution is -2.22. The van der Waals surface area contributed by atoms with E-state index < -0.39 is 0 Å². The molecule has 0 atom stereocenters. The maximum absolute atomic E-state index is 5.30. The van der Waals surface area contributed by atoms with E-state index in [9.17, 15) is 0 Å². The van der Waals surface area contributed by atoms with Crippen molar-refractivity contribution in [1.82, 2.24) is 25.2 Å². The first-order valence-electron chi connectivity index (χ1n) is 6.05. The molecule has 1 N–H and O–H groups in total. The first-order chi connectivity index (χ1) is 8.49. The Balaban J connectivity index is 2.24. The van der Waals surface area contributed by atoms with E-state index >= 15 is 0 Å². The summed E-state index contributed by atoms with van der Waals surface area (Å²) in [7, 11) is 1.91. The number of hydrogen-bond donors (Lipinski definition) is 1. The SMILES string of the molecule is Cc1nn(C)c(C)c1-c1nc(CNC(C)C)no1. The van der Waals surface area contributed by atoms with Crippen LogP contribution >= 0.6 is 0 Å². The summed E-state index contributed by atoms with van der Waals surface area (Å²) in [4.78, 5) is 4.39. The zero-order valence-electron chi connectivity index (χ0n) is 11.5. The first-order valence-corrected chi connectivity index (χ1v) is 6.05. The van der Waals surface area contributed by atoms with Crippen molar-refractivity contribution in [1.29, 1.82) is 0 Å². The van der Waals surface area contributed by atoms with Gasteiger partial charge >= 0.3 is 0 Å². The fourth-order valence-corrected chi connectivity index (χ4v) is 1.81. The molecule has 0 aliphatic rings. The van der Waals surface area contributed by atoms with Crippen molar-refractivity contribution in [2.75, 3.05) is 0 Å². The predicted octanol–water partition coefficient (Wildman–Crippen LogP) is 1.58. The fourth-order valence-electron chi connectivity index (χ4n) is 1.81. The third kappa shape index (κ3) is 2.43. The van der Waals surface area contributed by atoms with E-state index in [1.54, 1.807) is 0 Å². The molecule has 0 radical (unpaired) electrons. The van der Waals surface area contributed by atoms with Crippen molar-refractivity contribution < 1.29 is 4.52 Å². The molecule has 2 aromatic heterocycles. The number of nitrogens with zero attached hydrogens (tertiary/aromatic N) is 4. The summed E-state index contributed by atoms with van der Waals surface area (Å²) in [5.41, 5.74) is 2.86. The van der Waals surface area contributed by atoms with Crippen LogP contribution in [-0.2, 0) is 13.6 Å². The van der Waals surface area contributed by atoms with E-state index in [-0.39, 0.29) is 0 Å². The van der Waals surface area contributed by atoms with Gasteiger partial charge in [-0.2, -0.15) is 10.1 Å². The van der Waals surface area contributed by atoms with Crippen LogP contribution in [0, 0.1) is 13.8 Å². The van der Waals surface area contributed by atoms with Crippen LogP contribution in [0.2, 0.25) is 0 Å². The van der Waals surface area contributed by atoms with Gasteiger partial charge in [0.1, 0.15) is 0 Å². The molecule has 0 unspecified atom stereocenters. The van der Waals surface area contributed by atoms with Crippen molar-refractivity contribution in [3.8, 4) is 11.5 Å². The number of nitrogens with one attached hydrogen (secondary N) is 1. The Hall–Kier alpha value is -1.69. The van der Waals surface area contributed by atoms with Gasteiger partial charge in [0, 0.05) is 18.8 Å². The fraction of sp³-hybridized carbons (Fsp3) is 0.583. The highest BCUT2D eigenvalue weighted by molar-refractivity contribution is 5.59. The third-order valence-electron chi connectivity index (χ3n) is 2.86. The molecule has 2 rings (SSSR count). The zero-order valence-corrected chi connectivity index (χ0v) is 11.5. The van der Waals surface area contributed by atoms with E-state index in [0.717, 1.165) is 17.0 Å². The smallest absolute Gasteiger partial charge is 0.261 e. The second-order valence-corrected chi connectivity index (χ2v) is 4.72.